The van der Waals surface area contributed by atoms with Crippen molar-refractivity contribution in [1.82, 2.24) is 5.32 Å². The van der Waals surface area contributed by atoms with Crippen LogP contribution in [0.1, 0.15) is 42.1 Å². The van der Waals surface area contributed by atoms with Gasteiger partial charge in [-0.3, -0.25) is 9.59 Å². The summed E-state index contributed by atoms with van der Waals surface area (Å²) in [6, 6.07) is 14.9. The van der Waals surface area contributed by atoms with Crippen LogP contribution >= 0.6 is 0 Å². The molecule has 2 rings (SSSR count). The third-order valence-corrected chi connectivity index (χ3v) is 4.24. The summed E-state index contributed by atoms with van der Waals surface area (Å²) < 4.78 is 4.96. The lowest BCUT2D eigenvalue weighted by Crippen LogP contribution is -2.26. The Morgan fingerprint density at radius 1 is 1.07 bits per heavy atom. The molecule has 0 heterocycles. The molecule has 0 unspecified atom stereocenters. The second kappa shape index (κ2) is 11.1. The van der Waals surface area contributed by atoms with Crippen molar-refractivity contribution in [3.8, 4) is 0 Å². The minimum absolute atomic E-state index is 0.150. The molecule has 0 aliphatic carbocycles. The standard InChI is InChI=1S/C22H29N3O3/c1-16(2)19-10-4-5-11-20(19)24-15-21(26)25-18-9-6-8-17(14-18)22(27)23-12-7-13-28-3/h4-6,8-11,14,16,24H,7,12-13,15H2,1-3H3,(H,23,27)(H,25,26). The number of ether oxygens (including phenoxy) is 1. The van der Waals surface area contributed by atoms with E-state index in [-0.39, 0.29) is 18.4 Å². The summed E-state index contributed by atoms with van der Waals surface area (Å²) >= 11 is 0. The molecule has 0 bridgehead atoms. The van der Waals surface area contributed by atoms with Crippen LogP contribution in [0, 0.1) is 0 Å². The number of para-hydroxylation sites is 1. The highest BCUT2D eigenvalue weighted by Crippen LogP contribution is 2.23. The van der Waals surface area contributed by atoms with Gasteiger partial charge in [0.15, 0.2) is 0 Å². The molecule has 0 spiro atoms. The monoisotopic (exact) mass is 383 g/mol. The molecule has 0 atom stereocenters. The van der Waals surface area contributed by atoms with E-state index >= 15 is 0 Å². The van der Waals surface area contributed by atoms with Crippen molar-refractivity contribution in [2.75, 3.05) is 37.4 Å². The van der Waals surface area contributed by atoms with Gasteiger partial charge in [-0.05, 0) is 42.2 Å². The van der Waals surface area contributed by atoms with Crippen molar-refractivity contribution < 1.29 is 14.3 Å². The Morgan fingerprint density at radius 3 is 2.61 bits per heavy atom. The number of amides is 2. The number of hydrogen-bond acceptors (Lipinski definition) is 4. The second-order valence-electron chi connectivity index (χ2n) is 6.83. The lowest BCUT2D eigenvalue weighted by molar-refractivity contribution is -0.114. The Kier molecular flexibility index (Phi) is 8.49. The highest BCUT2D eigenvalue weighted by molar-refractivity contribution is 5.98. The number of hydrogen-bond donors (Lipinski definition) is 3. The first kappa shape index (κ1) is 21.4. The summed E-state index contributed by atoms with van der Waals surface area (Å²) in [5.74, 6) is 0.0262. The quantitative estimate of drug-likeness (QED) is 0.548. The zero-order valence-electron chi connectivity index (χ0n) is 16.7. The van der Waals surface area contributed by atoms with Crippen molar-refractivity contribution in [2.45, 2.75) is 26.2 Å². The molecule has 6 nitrogen and oxygen atoms in total. The SMILES string of the molecule is COCCCNC(=O)c1cccc(NC(=O)CNc2ccccc2C(C)C)c1. The normalized spacial score (nSPS) is 10.6. The summed E-state index contributed by atoms with van der Waals surface area (Å²) in [4.78, 5) is 24.5. The molecular formula is C22H29N3O3. The molecule has 2 aromatic carbocycles. The molecule has 0 radical (unpaired) electrons. The van der Waals surface area contributed by atoms with E-state index < -0.39 is 0 Å². The van der Waals surface area contributed by atoms with Gasteiger partial charge in [0.2, 0.25) is 5.91 Å². The van der Waals surface area contributed by atoms with Crippen molar-refractivity contribution in [1.29, 1.82) is 0 Å². The molecule has 0 saturated carbocycles. The van der Waals surface area contributed by atoms with Gasteiger partial charge in [0.05, 0.1) is 6.54 Å². The summed E-state index contributed by atoms with van der Waals surface area (Å²) in [6.07, 6.45) is 0.752. The molecule has 2 amide bonds. The number of methoxy groups -OCH3 is 1. The molecule has 0 saturated heterocycles. The van der Waals surface area contributed by atoms with Crippen LogP contribution in [0.4, 0.5) is 11.4 Å². The van der Waals surface area contributed by atoms with E-state index in [0.29, 0.717) is 30.3 Å². The lowest BCUT2D eigenvalue weighted by Gasteiger charge is -2.14. The molecule has 0 fully saturated rings. The summed E-state index contributed by atoms with van der Waals surface area (Å²) in [7, 11) is 1.63. The Balaban J connectivity index is 1.89. The average molecular weight is 383 g/mol. The fraction of sp³-hybridized carbons (Fsp3) is 0.364. The number of rotatable bonds is 10. The van der Waals surface area contributed by atoms with Crippen molar-refractivity contribution >= 4 is 23.2 Å². The molecule has 6 heteroatoms. The zero-order chi connectivity index (χ0) is 20.4. The van der Waals surface area contributed by atoms with Gasteiger partial charge in [-0.15, -0.1) is 0 Å². The Morgan fingerprint density at radius 2 is 1.86 bits per heavy atom. The van der Waals surface area contributed by atoms with Gasteiger partial charge in [0.25, 0.3) is 5.91 Å². The topological polar surface area (TPSA) is 79.5 Å². The van der Waals surface area contributed by atoms with E-state index in [4.69, 9.17) is 4.74 Å². The van der Waals surface area contributed by atoms with Gasteiger partial charge in [-0.25, -0.2) is 0 Å². The minimum atomic E-state index is -0.170. The van der Waals surface area contributed by atoms with Crippen molar-refractivity contribution in [3.05, 3.63) is 59.7 Å². The maximum atomic E-state index is 12.3. The van der Waals surface area contributed by atoms with Gasteiger partial charge < -0.3 is 20.7 Å². The van der Waals surface area contributed by atoms with Crippen LogP contribution < -0.4 is 16.0 Å². The van der Waals surface area contributed by atoms with E-state index in [1.807, 2.05) is 18.2 Å². The highest BCUT2D eigenvalue weighted by Gasteiger charge is 2.09. The van der Waals surface area contributed by atoms with Gasteiger partial charge in [-0.1, -0.05) is 38.1 Å². The molecule has 3 N–H and O–H groups in total. The van der Waals surface area contributed by atoms with E-state index in [9.17, 15) is 9.59 Å². The molecule has 28 heavy (non-hydrogen) atoms. The lowest BCUT2D eigenvalue weighted by atomic mass is 10.0. The van der Waals surface area contributed by atoms with Gasteiger partial charge in [-0.2, -0.15) is 0 Å². The average Bonchev–Trinajstić information content (AvgIpc) is 2.70. The molecule has 0 aliphatic rings. The molecule has 0 aromatic heterocycles. The predicted molar refractivity (Wildman–Crippen MR) is 113 cm³/mol. The number of carbonyl (C=O) groups excluding carboxylic acids is 2. The fourth-order valence-corrected chi connectivity index (χ4v) is 2.80. The predicted octanol–water partition coefficient (Wildman–Crippen LogP) is 3.63. The summed E-state index contributed by atoms with van der Waals surface area (Å²) in [5, 5.41) is 8.85. The van der Waals surface area contributed by atoms with Crippen LogP contribution in [0.5, 0.6) is 0 Å². The minimum Gasteiger partial charge on any atom is -0.385 e. The second-order valence-corrected chi connectivity index (χ2v) is 6.83. The number of nitrogens with one attached hydrogen (secondary N) is 3. The Labute approximate surface area is 166 Å². The van der Waals surface area contributed by atoms with Crippen molar-refractivity contribution in [2.24, 2.45) is 0 Å². The number of benzene rings is 2. The summed E-state index contributed by atoms with van der Waals surface area (Å²) in [5.41, 5.74) is 3.22. The van der Waals surface area contributed by atoms with Crippen LogP contribution in [-0.4, -0.2) is 38.6 Å². The van der Waals surface area contributed by atoms with Crippen LogP contribution in [0.15, 0.2) is 48.5 Å². The fourth-order valence-electron chi connectivity index (χ4n) is 2.80. The smallest absolute Gasteiger partial charge is 0.251 e. The van der Waals surface area contributed by atoms with Gasteiger partial charge in [0, 0.05) is 37.2 Å². The van der Waals surface area contributed by atoms with Crippen molar-refractivity contribution in [3.63, 3.8) is 0 Å². The molecule has 150 valence electrons. The zero-order valence-corrected chi connectivity index (χ0v) is 16.7. The molecule has 2 aromatic rings. The maximum absolute atomic E-state index is 12.3. The first-order valence-electron chi connectivity index (χ1n) is 9.51. The third-order valence-electron chi connectivity index (χ3n) is 4.24. The van der Waals surface area contributed by atoms with E-state index in [1.165, 1.54) is 5.56 Å². The third kappa shape index (κ3) is 6.70. The Bertz CT molecular complexity index is 790. The highest BCUT2D eigenvalue weighted by atomic mass is 16.5. The maximum Gasteiger partial charge on any atom is 0.251 e. The number of carbonyl (C=O) groups is 2. The van der Waals surface area contributed by atoms with Crippen LogP contribution in [0.25, 0.3) is 0 Å². The molecule has 0 aliphatic heterocycles. The van der Waals surface area contributed by atoms with Gasteiger partial charge >= 0.3 is 0 Å². The van der Waals surface area contributed by atoms with E-state index in [1.54, 1.807) is 31.4 Å². The van der Waals surface area contributed by atoms with Crippen LogP contribution in [0.2, 0.25) is 0 Å². The first-order valence-corrected chi connectivity index (χ1v) is 9.51. The summed E-state index contributed by atoms with van der Waals surface area (Å²) in [6.45, 7) is 5.53. The first-order chi connectivity index (χ1) is 13.5. The Hall–Kier alpha value is -2.86. The van der Waals surface area contributed by atoms with E-state index in [0.717, 1.165) is 12.1 Å². The van der Waals surface area contributed by atoms with E-state index in [2.05, 4.69) is 35.9 Å². The number of anilines is 2. The molecular weight excluding hydrogens is 354 g/mol. The van der Waals surface area contributed by atoms with Crippen LogP contribution in [-0.2, 0) is 9.53 Å². The largest absolute Gasteiger partial charge is 0.385 e. The van der Waals surface area contributed by atoms with Crippen LogP contribution in [0.3, 0.4) is 0 Å². The van der Waals surface area contributed by atoms with Gasteiger partial charge in [0.1, 0.15) is 0 Å².